The largest absolute Gasteiger partial charge is 0.490 e. The molecule has 0 saturated heterocycles. The van der Waals surface area contributed by atoms with E-state index < -0.39 is 0 Å². The van der Waals surface area contributed by atoms with E-state index in [1.54, 1.807) is 0 Å². The van der Waals surface area contributed by atoms with Gasteiger partial charge >= 0.3 is 0 Å². The van der Waals surface area contributed by atoms with Gasteiger partial charge in [-0.1, -0.05) is 24.3 Å². The number of para-hydroxylation sites is 1. The maximum absolute atomic E-state index is 5.75. The van der Waals surface area contributed by atoms with E-state index in [9.17, 15) is 0 Å². The number of hydrogen-bond donors (Lipinski definition) is 1. The highest BCUT2D eigenvalue weighted by Gasteiger charge is 2.21. The Bertz CT molecular complexity index is 522. The minimum absolute atomic E-state index is 0.281. The van der Waals surface area contributed by atoms with Gasteiger partial charge in [0.05, 0.1) is 0 Å². The van der Waals surface area contributed by atoms with Crippen LogP contribution in [-0.2, 0) is 6.42 Å². The second kappa shape index (κ2) is 4.13. The second-order valence-electron chi connectivity index (χ2n) is 4.41. The highest BCUT2D eigenvalue weighted by atomic mass is 16.5. The van der Waals surface area contributed by atoms with Crippen molar-refractivity contribution in [3.05, 3.63) is 54.1 Å². The first-order valence-corrected chi connectivity index (χ1v) is 5.93. The monoisotopic (exact) mass is 225 g/mol. The lowest BCUT2D eigenvalue weighted by Crippen LogP contribution is -2.05. The minimum Gasteiger partial charge on any atom is -0.490 e. The summed E-state index contributed by atoms with van der Waals surface area (Å²) < 4.78 is 5.75. The molecule has 0 fully saturated rings. The standard InChI is InChI=1S/C15H15NO/c1-11-10-13-14(8-5-9-15(13)17-11)16-12-6-3-2-4-7-12/h2-9,11,16H,10H2,1H3. The summed E-state index contributed by atoms with van der Waals surface area (Å²) in [6.07, 6.45) is 1.26. The number of anilines is 2. The summed E-state index contributed by atoms with van der Waals surface area (Å²) >= 11 is 0. The number of nitrogens with one attached hydrogen (secondary N) is 1. The van der Waals surface area contributed by atoms with Crippen molar-refractivity contribution in [2.75, 3.05) is 5.32 Å². The molecule has 0 saturated carbocycles. The van der Waals surface area contributed by atoms with Gasteiger partial charge in [0.2, 0.25) is 0 Å². The lowest BCUT2D eigenvalue weighted by molar-refractivity contribution is 0.254. The van der Waals surface area contributed by atoms with Crippen LogP contribution < -0.4 is 10.1 Å². The van der Waals surface area contributed by atoms with Gasteiger partial charge in [-0.15, -0.1) is 0 Å². The summed E-state index contributed by atoms with van der Waals surface area (Å²) in [5.41, 5.74) is 3.54. The Kier molecular flexibility index (Phi) is 2.48. The van der Waals surface area contributed by atoms with Crippen LogP contribution >= 0.6 is 0 Å². The van der Waals surface area contributed by atoms with E-state index in [4.69, 9.17) is 4.74 Å². The van der Waals surface area contributed by atoms with Crippen LogP contribution in [0.3, 0.4) is 0 Å². The fourth-order valence-corrected chi connectivity index (χ4v) is 2.23. The molecule has 2 aromatic carbocycles. The van der Waals surface area contributed by atoms with Crippen LogP contribution in [0.4, 0.5) is 11.4 Å². The normalized spacial score (nSPS) is 17.4. The van der Waals surface area contributed by atoms with Crippen molar-refractivity contribution in [3.8, 4) is 5.75 Å². The smallest absolute Gasteiger partial charge is 0.125 e. The molecule has 1 aliphatic rings. The molecule has 0 amide bonds. The fourth-order valence-electron chi connectivity index (χ4n) is 2.23. The van der Waals surface area contributed by atoms with E-state index in [2.05, 4.69) is 30.4 Å². The summed E-state index contributed by atoms with van der Waals surface area (Å²) in [6.45, 7) is 2.10. The first-order chi connectivity index (χ1) is 8.33. The van der Waals surface area contributed by atoms with Gasteiger partial charge in [-0.2, -0.15) is 0 Å². The molecule has 86 valence electrons. The molecule has 3 rings (SSSR count). The summed E-state index contributed by atoms with van der Waals surface area (Å²) in [5.74, 6) is 1.01. The Hall–Kier alpha value is -1.96. The molecule has 1 aliphatic heterocycles. The van der Waals surface area contributed by atoms with Crippen molar-refractivity contribution in [2.24, 2.45) is 0 Å². The van der Waals surface area contributed by atoms with Gasteiger partial charge in [0, 0.05) is 23.4 Å². The van der Waals surface area contributed by atoms with Crippen molar-refractivity contribution in [2.45, 2.75) is 19.4 Å². The minimum atomic E-state index is 0.281. The van der Waals surface area contributed by atoms with E-state index in [0.29, 0.717) is 0 Å². The molecule has 2 nitrogen and oxygen atoms in total. The maximum Gasteiger partial charge on any atom is 0.125 e. The van der Waals surface area contributed by atoms with Gasteiger partial charge in [-0.25, -0.2) is 0 Å². The van der Waals surface area contributed by atoms with Crippen LogP contribution in [0.15, 0.2) is 48.5 Å². The number of benzene rings is 2. The van der Waals surface area contributed by atoms with E-state index in [-0.39, 0.29) is 6.10 Å². The zero-order chi connectivity index (χ0) is 11.7. The van der Waals surface area contributed by atoms with Gasteiger partial charge in [0.25, 0.3) is 0 Å². The molecule has 2 aromatic rings. The van der Waals surface area contributed by atoms with E-state index in [0.717, 1.165) is 23.5 Å². The van der Waals surface area contributed by atoms with E-state index in [1.165, 1.54) is 5.56 Å². The third kappa shape index (κ3) is 1.98. The molecule has 1 atom stereocenters. The quantitative estimate of drug-likeness (QED) is 0.840. The van der Waals surface area contributed by atoms with Gasteiger partial charge in [0.1, 0.15) is 11.9 Å². The molecule has 1 N–H and O–H groups in total. The summed E-state index contributed by atoms with van der Waals surface area (Å²) in [6, 6.07) is 16.4. The zero-order valence-corrected chi connectivity index (χ0v) is 9.81. The Morgan fingerprint density at radius 3 is 2.71 bits per heavy atom. The summed E-state index contributed by atoms with van der Waals surface area (Å²) in [4.78, 5) is 0. The second-order valence-corrected chi connectivity index (χ2v) is 4.41. The molecule has 0 spiro atoms. The Morgan fingerprint density at radius 2 is 1.88 bits per heavy atom. The zero-order valence-electron chi connectivity index (χ0n) is 9.81. The van der Waals surface area contributed by atoms with Crippen LogP contribution in [0, 0.1) is 0 Å². The van der Waals surface area contributed by atoms with Gasteiger partial charge in [0.15, 0.2) is 0 Å². The lowest BCUT2D eigenvalue weighted by Gasteiger charge is -2.09. The van der Waals surface area contributed by atoms with Crippen LogP contribution in [-0.4, -0.2) is 6.10 Å². The highest BCUT2D eigenvalue weighted by molar-refractivity contribution is 5.67. The molecule has 1 unspecified atom stereocenters. The molecule has 0 bridgehead atoms. The van der Waals surface area contributed by atoms with Crippen LogP contribution in [0.1, 0.15) is 12.5 Å². The summed E-state index contributed by atoms with van der Waals surface area (Å²) in [5, 5.41) is 3.44. The number of rotatable bonds is 2. The average Bonchev–Trinajstić information content (AvgIpc) is 2.72. The van der Waals surface area contributed by atoms with Crippen LogP contribution in [0.25, 0.3) is 0 Å². The predicted molar refractivity (Wildman–Crippen MR) is 70.0 cm³/mol. The third-order valence-electron chi connectivity index (χ3n) is 3.01. The Labute approximate surface area is 101 Å². The lowest BCUT2D eigenvalue weighted by atomic mass is 10.1. The molecular weight excluding hydrogens is 210 g/mol. The molecule has 17 heavy (non-hydrogen) atoms. The SMILES string of the molecule is CC1Cc2c(Nc3ccccc3)cccc2O1. The predicted octanol–water partition coefficient (Wildman–Crippen LogP) is 3.75. The third-order valence-corrected chi connectivity index (χ3v) is 3.01. The maximum atomic E-state index is 5.75. The first kappa shape index (κ1) is 10.2. The van der Waals surface area contributed by atoms with Crippen molar-refractivity contribution in [3.63, 3.8) is 0 Å². The first-order valence-electron chi connectivity index (χ1n) is 5.93. The van der Waals surface area contributed by atoms with Gasteiger partial charge in [-0.3, -0.25) is 0 Å². The number of hydrogen-bond acceptors (Lipinski definition) is 2. The molecular formula is C15H15NO. The summed E-state index contributed by atoms with van der Waals surface area (Å²) in [7, 11) is 0. The Morgan fingerprint density at radius 1 is 1.06 bits per heavy atom. The van der Waals surface area contributed by atoms with Crippen molar-refractivity contribution in [1.29, 1.82) is 0 Å². The van der Waals surface area contributed by atoms with Crippen LogP contribution in [0.2, 0.25) is 0 Å². The van der Waals surface area contributed by atoms with Crippen molar-refractivity contribution < 1.29 is 4.74 Å². The number of ether oxygens (including phenoxy) is 1. The van der Waals surface area contributed by atoms with E-state index in [1.807, 2.05) is 30.3 Å². The van der Waals surface area contributed by atoms with Gasteiger partial charge in [-0.05, 0) is 31.2 Å². The fraction of sp³-hybridized carbons (Fsp3) is 0.200. The molecule has 0 aliphatic carbocycles. The topological polar surface area (TPSA) is 21.3 Å². The van der Waals surface area contributed by atoms with Crippen molar-refractivity contribution >= 4 is 11.4 Å². The van der Waals surface area contributed by atoms with E-state index >= 15 is 0 Å². The highest BCUT2D eigenvalue weighted by Crippen LogP contribution is 2.35. The molecule has 0 radical (unpaired) electrons. The molecule has 1 heterocycles. The van der Waals surface area contributed by atoms with Gasteiger partial charge < -0.3 is 10.1 Å². The molecule has 2 heteroatoms. The Balaban J connectivity index is 1.93. The average molecular weight is 225 g/mol. The molecule has 0 aromatic heterocycles. The van der Waals surface area contributed by atoms with Crippen LogP contribution in [0.5, 0.6) is 5.75 Å². The van der Waals surface area contributed by atoms with Crippen molar-refractivity contribution in [1.82, 2.24) is 0 Å². The number of fused-ring (bicyclic) bond motifs is 1.